The molecule has 1 saturated heterocycles. The summed E-state index contributed by atoms with van der Waals surface area (Å²) in [6, 6.07) is 2.07. The van der Waals surface area contributed by atoms with E-state index in [1.54, 1.807) is 0 Å². The Kier molecular flexibility index (Phi) is 5.28. The minimum atomic E-state index is -0.420. The standard InChI is InChI=1S/C16H27N3O2/c1-16(2,3)21-15(20)19-8-4-5-14(12-19)11-18-10-13-6-7-17-9-13/h6-7,9,14,17-18H,4-5,8,10-12H2,1-3H3. The fraction of sp³-hybridized carbons (Fsp3) is 0.688. The Balaban J connectivity index is 1.74. The largest absolute Gasteiger partial charge is 0.444 e. The monoisotopic (exact) mass is 293 g/mol. The van der Waals surface area contributed by atoms with E-state index in [2.05, 4.69) is 16.4 Å². The highest BCUT2D eigenvalue weighted by Crippen LogP contribution is 2.19. The van der Waals surface area contributed by atoms with Crippen molar-refractivity contribution in [1.82, 2.24) is 15.2 Å². The zero-order valence-electron chi connectivity index (χ0n) is 13.3. The normalized spacial score (nSPS) is 19.6. The summed E-state index contributed by atoms with van der Waals surface area (Å²) >= 11 is 0. The van der Waals surface area contributed by atoms with Crippen molar-refractivity contribution in [2.45, 2.75) is 45.8 Å². The van der Waals surface area contributed by atoms with E-state index in [1.165, 1.54) is 12.0 Å². The van der Waals surface area contributed by atoms with E-state index in [-0.39, 0.29) is 6.09 Å². The first-order chi connectivity index (χ1) is 9.94. The van der Waals surface area contributed by atoms with Gasteiger partial charge in [-0.2, -0.15) is 0 Å². The average Bonchev–Trinajstić information content (AvgIpc) is 2.90. The third-order valence-electron chi connectivity index (χ3n) is 3.60. The molecule has 5 nitrogen and oxygen atoms in total. The summed E-state index contributed by atoms with van der Waals surface area (Å²) in [5, 5.41) is 3.47. The number of ether oxygens (including phenoxy) is 1. The van der Waals surface area contributed by atoms with Gasteiger partial charge in [0.15, 0.2) is 0 Å². The van der Waals surface area contributed by atoms with Crippen molar-refractivity contribution >= 4 is 6.09 Å². The van der Waals surface area contributed by atoms with Crippen LogP contribution in [-0.2, 0) is 11.3 Å². The van der Waals surface area contributed by atoms with E-state index >= 15 is 0 Å². The van der Waals surface area contributed by atoms with Gasteiger partial charge in [0.25, 0.3) is 0 Å². The molecular weight excluding hydrogens is 266 g/mol. The molecule has 21 heavy (non-hydrogen) atoms. The lowest BCUT2D eigenvalue weighted by Crippen LogP contribution is -2.44. The van der Waals surface area contributed by atoms with Gasteiger partial charge in [0.2, 0.25) is 0 Å². The van der Waals surface area contributed by atoms with Crippen molar-refractivity contribution < 1.29 is 9.53 Å². The molecular formula is C16H27N3O2. The van der Waals surface area contributed by atoms with Crippen molar-refractivity contribution in [1.29, 1.82) is 0 Å². The summed E-state index contributed by atoms with van der Waals surface area (Å²) in [5.74, 6) is 0.505. The summed E-state index contributed by atoms with van der Waals surface area (Å²) < 4.78 is 5.45. The molecule has 1 aromatic heterocycles. The van der Waals surface area contributed by atoms with Crippen LogP contribution < -0.4 is 5.32 Å². The summed E-state index contributed by atoms with van der Waals surface area (Å²) in [6.07, 6.45) is 5.97. The molecule has 2 heterocycles. The molecule has 1 aliphatic rings. The molecule has 0 spiro atoms. The number of carbonyl (C=O) groups excluding carboxylic acids is 1. The summed E-state index contributed by atoms with van der Waals surface area (Å²) in [5.41, 5.74) is 0.839. The zero-order valence-corrected chi connectivity index (χ0v) is 13.3. The number of carbonyl (C=O) groups is 1. The molecule has 0 aromatic carbocycles. The fourth-order valence-electron chi connectivity index (χ4n) is 2.61. The number of H-pyrrole nitrogens is 1. The first-order valence-corrected chi connectivity index (χ1v) is 7.74. The number of amides is 1. The number of piperidine rings is 1. The van der Waals surface area contributed by atoms with Gasteiger partial charge in [0, 0.05) is 32.0 Å². The first kappa shape index (κ1) is 15.9. The summed E-state index contributed by atoms with van der Waals surface area (Å²) in [6.45, 7) is 9.12. The zero-order chi connectivity index (χ0) is 15.3. The average molecular weight is 293 g/mol. The van der Waals surface area contributed by atoms with Crippen LogP contribution in [0.25, 0.3) is 0 Å². The molecule has 0 saturated carbocycles. The van der Waals surface area contributed by atoms with E-state index in [0.717, 1.165) is 32.6 Å². The summed E-state index contributed by atoms with van der Waals surface area (Å²) in [4.78, 5) is 17.0. The van der Waals surface area contributed by atoms with E-state index in [1.807, 2.05) is 38.1 Å². The molecule has 5 heteroatoms. The third-order valence-corrected chi connectivity index (χ3v) is 3.60. The molecule has 2 rings (SSSR count). The Morgan fingerprint density at radius 2 is 2.33 bits per heavy atom. The van der Waals surface area contributed by atoms with Crippen LogP contribution >= 0.6 is 0 Å². The molecule has 1 aromatic rings. The molecule has 1 aliphatic heterocycles. The van der Waals surface area contributed by atoms with Gasteiger partial charge >= 0.3 is 6.09 Å². The van der Waals surface area contributed by atoms with Gasteiger partial charge in [-0.05, 0) is 57.7 Å². The van der Waals surface area contributed by atoms with Gasteiger partial charge in [0.05, 0.1) is 0 Å². The van der Waals surface area contributed by atoms with Crippen molar-refractivity contribution in [3.05, 3.63) is 24.0 Å². The van der Waals surface area contributed by atoms with Crippen molar-refractivity contribution in [3.8, 4) is 0 Å². The number of nitrogens with zero attached hydrogens (tertiary/aromatic N) is 1. The fourth-order valence-corrected chi connectivity index (χ4v) is 2.61. The minimum Gasteiger partial charge on any atom is -0.444 e. The van der Waals surface area contributed by atoms with Gasteiger partial charge in [-0.1, -0.05) is 0 Å². The molecule has 1 fully saturated rings. The van der Waals surface area contributed by atoms with Crippen LogP contribution in [0.3, 0.4) is 0 Å². The molecule has 118 valence electrons. The van der Waals surface area contributed by atoms with Crippen LogP contribution in [0.4, 0.5) is 4.79 Å². The molecule has 2 N–H and O–H groups in total. The maximum absolute atomic E-state index is 12.1. The Labute approximate surface area is 127 Å². The maximum Gasteiger partial charge on any atom is 0.410 e. The maximum atomic E-state index is 12.1. The Morgan fingerprint density at radius 3 is 3.00 bits per heavy atom. The van der Waals surface area contributed by atoms with Crippen LogP contribution in [-0.4, -0.2) is 41.2 Å². The van der Waals surface area contributed by atoms with Gasteiger partial charge in [-0.25, -0.2) is 4.79 Å². The third kappa shape index (κ3) is 5.42. The smallest absolute Gasteiger partial charge is 0.410 e. The minimum absolute atomic E-state index is 0.183. The SMILES string of the molecule is CC(C)(C)OC(=O)N1CCCC(CNCc2cc[nH]c2)C1. The van der Waals surface area contributed by atoms with Crippen LogP contribution in [0.1, 0.15) is 39.2 Å². The number of nitrogens with one attached hydrogen (secondary N) is 2. The second-order valence-corrected chi connectivity index (χ2v) is 6.78. The van der Waals surface area contributed by atoms with Crippen molar-refractivity contribution in [2.75, 3.05) is 19.6 Å². The second kappa shape index (κ2) is 6.98. The van der Waals surface area contributed by atoms with E-state index in [9.17, 15) is 4.79 Å². The van der Waals surface area contributed by atoms with Gasteiger partial charge < -0.3 is 19.9 Å². The highest BCUT2D eigenvalue weighted by atomic mass is 16.6. The lowest BCUT2D eigenvalue weighted by Gasteiger charge is -2.34. The first-order valence-electron chi connectivity index (χ1n) is 7.74. The predicted octanol–water partition coefficient (Wildman–Crippen LogP) is 2.75. The Bertz CT molecular complexity index is 437. The van der Waals surface area contributed by atoms with E-state index in [4.69, 9.17) is 4.74 Å². The second-order valence-electron chi connectivity index (χ2n) is 6.78. The highest BCUT2D eigenvalue weighted by Gasteiger charge is 2.27. The van der Waals surface area contributed by atoms with Crippen LogP contribution in [0.15, 0.2) is 18.5 Å². The van der Waals surface area contributed by atoms with Crippen LogP contribution in [0.2, 0.25) is 0 Å². The van der Waals surface area contributed by atoms with E-state index in [0.29, 0.717) is 5.92 Å². The number of aromatic amines is 1. The lowest BCUT2D eigenvalue weighted by atomic mass is 9.98. The molecule has 0 bridgehead atoms. The highest BCUT2D eigenvalue weighted by molar-refractivity contribution is 5.68. The molecule has 0 aliphatic carbocycles. The number of hydrogen-bond acceptors (Lipinski definition) is 3. The number of aromatic nitrogens is 1. The lowest BCUT2D eigenvalue weighted by molar-refractivity contribution is 0.0166. The van der Waals surface area contributed by atoms with Gasteiger partial charge in [-0.3, -0.25) is 0 Å². The van der Waals surface area contributed by atoms with Gasteiger partial charge in [0.1, 0.15) is 5.60 Å². The predicted molar refractivity (Wildman–Crippen MR) is 83.0 cm³/mol. The van der Waals surface area contributed by atoms with Crippen LogP contribution in [0, 0.1) is 5.92 Å². The molecule has 1 atom stereocenters. The quantitative estimate of drug-likeness (QED) is 0.897. The molecule has 0 radical (unpaired) electrons. The Hall–Kier alpha value is -1.49. The van der Waals surface area contributed by atoms with E-state index < -0.39 is 5.60 Å². The Morgan fingerprint density at radius 1 is 1.52 bits per heavy atom. The van der Waals surface area contributed by atoms with Gasteiger partial charge in [-0.15, -0.1) is 0 Å². The van der Waals surface area contributed by atoms with Crippen molar-refractivity contribution in [3.63, 3.8) is 0 Å². The molecule has 1 amide bonds. The number of hydrogen-bond donors (Lipinski definition) is 2. The topological polar surface area (TPSA) is 57.4 Å². The summed E-state index contributed by atoms with van der Waals surface area (Å²) in [7, 11) is 0. The van der Waals surface area contributed by atoms with Crippen LogP contribution in [0.5, 0.6) is 0 Å². The number of rotatable bonds is 4. The molecule has 1 unspecified atom stereocenters. The number of likely N-dealkylation sites (tertiary alicyclic amines) is 1. The van der Waals surface area contributed by atoms with Crippen molar-refractivity contribution in [2.24, 2.45) is 5.92 Å².